The summed E-state index contributed by atoms with van der Waals surface area (Å²) >= 11 is 0. The average molecular weight is 3490 g/mol. The molecule has 0 atom stereocenters. The first-order valence-electron chi connectivity index (χ1n) is 20.3. The predicted molar refractivity (Wildman–Crippen MR) is 259 cm³/mol. The second kappa shape index (κ2) is 99.3. The Bertz CT molecular complexity index is 3130. The first kappa shape index (κ1) is 187. The smallest absolute Gasteiger partial charge is 0.416 e. The third kappa shape index (κ3) is 68.5. The summed E-state index contributed by atoms with van der Waals surface area (Å²) in [4.78, 5) is 67.9. The van der Waals surface area contributed by atoms with Crippen molar-refractivity contribution in [2.75, 3.05) is 14.7 Å². The second-order valence-corrected chi connectivity index (χ2v) is 15.0. The Morgan fingerprint density at radius 1 is 0.406 bits per heavy atom. The van der Waals surface area contributed by atoms with Gasteiger partial charge in [-0.1, -0.05) is 44.5 Å². The van der Waals surface area contributed by atoms with E-state index in [-0.39, 0.29) is 975 Å². The molecule has 0 fully saturated rings. The third-order valence-corrected chi connectivity index (χ3v) is 9.70. The number of imidazole rings is 1. The number of hydrogen-bond acceptors (Lipinski definition) is 11. The quantitative estimate of drug-likeness (QED) is 0.0726. The van der Waals surface area contributed by atoms with Crippen LogP contribution in [0.25, 0.3) is 16.3 Å². The number of hydrogen-bond donors (Lipinski definition) is 2. The van der Waals surface area contributed by atoms with E-state index < -0.39 is 47.2 Å². The molecule has 101 heavy (non-hydrogen) atoms. The molecule has 0 bridgehead atoms. The summed E-state index contributed by atoms with van der Waals surface area (Å²) < 4.78 is 77.8. The zero-order valence-electron chi connectivity index (χ0n) is 53.4. The van der Waals surface area contributed by atoms with E-state index in [9.17, 15) is 55.7 Å². The molecule has 50 heteroatoms. The molecule has 28 radical (unpaired) electrons. The maximum Gasteiger partial charge on any atom is 0.416 e. The Labute approximate surface area is 1290 Å². The fourth-order valence-electron chi connectivity index (χ4n) is 6.42. The average Bonchev–Trinajstić information content (AvgIpc) is 3.82. The van der Waals surface area contributed by atoms with Crippen LogP contribution in [0.15, 0.2) is 109 Å². The molecular formula is C51H40F6N10O6Y28-12. The monoisotopic (exact) mass is 3490 g/mol. The molecule has 0 aliphatic rings. The summed E-state index contributed by atoms with van der Waals surface area (Å²) in [5.74, 6) is -2.72. The van der Waals surface area contributed by atoms with E-state index in [0.29, 0.717) is 28.3 Å². The van der Waals surface area contributed by atoms with Crippen LogP contribution in [0.1, 0.15) is 73.2 Å². The molecule has 16 nitrogen and oxygen atoms in total. The number of alkyl halides is 6. The number of carbonyl (C=O) groups excluding carboxylic acids is 2. The number of halogens is 6. The molecule has 0 saturated carbocycles. The van der Waals surface area contributed by atoms with Crippen LogP contribution >= 0.6 is 0 Å². The van der Waals surface area contributed by atoms with Crippen LogP contribution in [-0.2, 0) is 938 Å². The van der Waals surface area contributed by atoms with Crippen molar-refractivity contribution < 1.29 is 972 Å². The number of aromatic nitrogens is 5. The van der Waals surface area contributed by atoms with Gasteiger partial charge in [0.2, 0.25) is 0 Å². The summed E-state index contributed by atoms with van der Waals surface area (Å²) in [6, 6.07) is 20.4. The van der Waals surface area contributed by atoms with E-state index in [1.165, 1.54) is 23.2 Å². The van der Waals surface area contributed by atoms with Crippen molar-refractivity contribution in [1.82, 2.24) is 24.3 Å². The molecule has 3 aromatic heterocycles. The van der Waals surface area contributed by atoms with Gasteiger partial charge in [-0.3, -0.25) is 24.5 Å². The van der Waals surface area contributed by atoms with Gasteiger partial charge in [0.05, 0.1) is 34.6 Å². The SMILES string of the molecule is C.[CH2-]N([CH2-])c1nc([CH-]c2ccc([N-]C(=O)c3ccc(C(F)(F)F)cc3)cc2)n2ccnc2c1[CH-]C(=O)O.[CH2-]N([CH2-])c1nc([CH-]c2ccc([N-]C(=O)c3ccc(C(F)(F)F)cc3)cc2)nc(N([CH2-])[CH2-])c1[CH-]C(=O)O.[Y].[Y].[Y].[Y].[Y].[Y].[Y].[Y].[Y].[Y].[Y].[Y].[Y].[Y].[Y].[Y].[Y].[Y].[Y].[Y].[Y].[Y].[Y].[Y].[Y].[Y].[Y].[Y]. The van der Waals surface area contributed by atoms with Crippen molar-refractivity contribution in [2.45, 2.75) is 19.8 Å². The number of nitrogens with zero attached hydrogens (tertiary/aromatic N) is 10. The minimum absolute atomic E-state index is 0. The Balaban J connectivity index is -0.0000000415. The predicted octanol–water partition coefficient (Wildman–Crippen LogP) is 11.1. The Kier molecular flexibility index (Phi) is 184. The molecule has 4 aromatic carbocycles. The van der Waals surface area contributed by atoms with Gasteiger partial charge in [-0.2, -0.15) is 73.1 Å². The number of aliphatic carboxylic acids is 2. The minimum atomic E-state index is -4.50. The molecule has 7 aromatic rings. The minimum Gasteiger partial charge on any atom is -0.710 e. The van der Waals surface area contributed by atoms with Crippen molar-refractivity contribution in [3.8, 4) is 0 Å². The van der Waals surface area contributed by atoms with Crippen LogP contribution in [0.4, 0.5) is 55.2 Å². The Morgan fingerprint density at radius 3 is 0.960 bits per heavy atom. The van der Waals surface area contributed by atoms with Gasteiger partial charge >= 0.3 is 12.4 Å². The number of amides is 2. The van der Waals surface area contributed by atoms with Crippen molar-refractivity contribution in [1.29, 1.82) is 0 Å². The molecule has 0 unspecified atom stereocenters. The molecule has 3 heterocycles. The fourth-order valence-corrected chi connectivity index (χ4v) is 6.42. The van der Waals surface area contributed by atoms with Gasteiger partial charge in [-0.05, 0) is 52.8 Å². The molecule has 0 aliphatic carbocycles. The van der Waals surface area contributed by atoms with Gasteiger partial charge in [-0.15, -0.1) is 48.2 Å². The maximum atomic E-state index is 12.7. The normalized spacial score (nSPS) is 7.92. The van der Waals surface area contributed by atoms with E-state index in [1.807, 2.05) is 0 Å². The summed E-state index contributed by atoms with van der Waals surface area (Å²) in [6.45, 7) is 0. The van der Waals surface area contributed by atoms with Gasteiger partial charge in [0.15, 0.2) is 0 Å². The first-order valence-corrected chi connectivity index (χ1v) is 20.3. The van der Waals surface area contributed by atoms with Gasteiger partial charge in [-0.25, -0.2) is 0 Å². The van der Waals surface area contributed by atoms with E-state index in [0.717, 1.165) is 71.2 Å². The summed E-state index contributed by atoms with van der Waals surface area (Å²) in [5.41, 5.74) is 0.933. The zero-order chi connectivity index (χ0) is 52.7. The molecule has 0 aliphatic heterocycles. The third-order valence-electron chi connectivity index (χ3n) is 9.70. The van der Waals surface area contributed by atoms with E-state index in [4.69, 9.17) is 0 Å². The first-order chi connectivity index (χ1) is 33.9. The zero-order valence-corrected chi connectivity index (χ0v) is 133. The van der Waals surface area contributed by atoms with Gasteiger partial charge in [0.25, 0.3) is 11.9 Å². The van der Waals surface area contributed by atoms with Crippen LogP contribution in [0.2, 0.25) is 0 Å². The summed E-state index contributed by atoms with van der Waals surface area (Å²) in [7, 11) is 22.0. The number of anilines is 3. The van der Waals surface area contributed by atoms with E-state index >= 15 is 0 Å². The number of carbonyl (C=O) groups is 4. The van der Waals surface area contributed by atoms with E-state index in [2.05, 4.69) is 72.9 Å². The van der Waals surface area contributed by atoms with E-state index in [1.54, 1.807) is 59.8 Å². The van der Waals surface area contributed by atoms with Crippen molar-refractivity contribution >= 4 is 58.2 Å². The van der Waals surface area contributed by atoms with Gasteiger partial charge < -0.3 is 96.8 Å². The molecule has 468 valence electrons. The molecule has 7 rings (SSSR count). The molecule has 2 amide bonds. The molecule has 0 saturated heterocycles. The number of carboxylic acid groups (broad SMARTS) is 2. The van der Waals surface area contributed by atoms with Crippen molar-refractivity contribution in [2.24, 2.45) is 0 Å². The summed E-state index contributed by atoms with van der Waals surface area (Å²) in [5, 5.41) is 26.2. The Hall–Kier alpha value is 21.8. The summed E-state index contributed by atoms with van der Waals surface area (Å²) in [6.07, 6.45) is -0.711. The van der Waals surface area contributed by atoms with Gasteiger partial charge in [0.1, 0.15) is 0 Å². The Morgan fingerprint density at radius 2 is 0.683 bits per heavy atom. The number of carboxylic acids is 2. The maximum absolute atomic E-state index is 12.7. The molecule has 0 spiro atoms. The second-order valence-electron chi connectivity index (χ2n) is 15.0. The largest absolute Gasteiger partial charge is 0.710 e. The number of fused-ring (bicyclic) bond motifs is 1. The number of rotatable bonds is 15. The van der Waals surface area contributed by atoms with Crippen LogP contribution in [-0.4, -0.2) is 58.3 Å². The topological polar surface area (TPSA) is 203 Å². The van der Waals surface area contributed by atoms with Crippen molar-refractivity contribution in [3.63, 3.8) is 0 Å². The van der Waals surface area contributed by atoms with Gasteiger partial charge in [0, 0.05) is 934 Å². The molecule has 2 N–H and O–H groups in total. The number of benzene rings is 4. The van der Waals surface area contributed by atoms with Crippen molar-refractivity contribution in [3.05, 3.63) is 244 Å². The van der Waals surface area contributed by atoms with Crippen LogP contribution in [0.5, 0.6) is 0 Å². The van der Waals surface area contributed by atoms with Crippen LogP contribution in [0, 0.1) is 68.0 Å². The van der Waals surface area contributed by atoms with Crippen LogP contribution in [0.3, 0.4) is 0 Å². The standard InChI is InChI=1S/C25H18F3N5O3.C25H20F3N5O3.CH4.28Y/c1-32(2)23-19(14-21(34)35)22-29-11-12-33(22)20(31-23)13-15-3-9-18(10-4-15)30-24(36)16-5-7-17(8-6-16)25(26,27)28;1-32(2)22-19(14-21(34)35)23(33(3)4)31-20(30-22)13-15-5-11-18(12-6-15)29-24(36)16-7-9-17(10-8-16)25(26,27)28;;;;;;;;;;;;;;;;;;;;;;;;;;;;;/h3-14H,1-2H2,(H2,30,34,35,36);5-14H,1-4H2,(H2,29,34,35,36);1H4;;;;;;;;;;;;;;;;;;;;;;;;;;;;/q-4;-6;;;;;;;;;;;;;;;;;;;;;;;;;;;;;/p-2. The van der Waals surface area contributed by atoms with Crippen LogP contribution < -0.4 is 14.7 Å². The molecular weight excluding hydrogens is 3450 g/mol. The fraction of sp³-hybridized carbons (Fsp3) is 0.0588.